The number of aryl methyl sites for hydroxylation is 2. The molecule has 0 amide bonds. The van der Waals surface area contributed by atoms with E-state index in [4.69, 9.17) is 9.40 Å². The molecule has 3 aromatic heterocycles. The lowest BCUT2D eigenvalue weighted by molar-refractivity contribution is 0.477. The smallest absolute Gasteiger partial charge is 0.263 e. The van der Waals surface area contributed by atoms with E-state index in [0.717, 1.165) is 40.4 Å². The van der Waals surface area contributed by atoms with Crippen LogP contribution in [0.3, 0.4) is 0 Å². The predicted molar refractivity (Wildman–Crippen MR) is 85.5 cm³/mol. The van der Waals surface area contributed by atoms with Gasteiger partial charge in [-0.25, -0.2) is 4.98 Å². The number of hydrogen-bond donors (Lipinski definition) is 0. The second-order valence-electron chi connectivity index (χ2n) is 5.11. The maximum atomic E-state index is 12.9. The highest BCUT2D eigenvalue weighted by Gasteiger charge is 2.23. The highest BCUT2D eigenvalue weighted by atomic mass is 32.2. The molecule has 0 atom stereocenters. The van der Waals surface area contributed by atoms with Crippen molar-refractivity contribution < 1.29 is 4.42 Å². The minimum atomic E-state index is 0.0696. The lowest BCUT2D eigenvalue weighted by atomic mass is 10.2. The van der Waals surface area contributed by atoms with Gasteiger partial charge >= 0.3 is 0 Å². The molecule has 0 saturated carbocycles. The SMILES string of the molecule is CSc1nc2sc3c(c2c(=O)n1Cc1ccco1)CCC3. The van der Waals surface area contributed by atoms with Crippen LogP contribution >= 0.6 is 23.1 Å². The number of fused-ring (bicyclic) bond motifs is 3. The molecule has 1 aliphatic rings. The molecule has 1 aliphatic carbocycles. The summed E-state index contributed by atoms with van der Waals surface area (Å²) in [6, 6.07) is 3.73. The fourth-order valence-corrected chi connectivity index (χ4v) is 4.77. The van der Waals surface area contributed by atoms with Gasteiger partial charge in [-0.1, -0.05) is 11.8 Å². The molecule has 108 valence electrons. The van der Waals surface area contributed by atoms with Gasteiger partial charge in [0.1, 0.15) is 10.6 Å². The molecule has 0 aliphatic heterocycles. The van der Waals surface area contributed by atoms with E-state index >= 15 is 0 Å². The van der Waals surface area contributed by atoms with Crippen molar-refractivity contribution in [3.8, 4) is 0 Å². The monoisotopic (exact) mass is 318 g/mol. The summed E-state index contributed by atoms with van der Waals surface area (Å²) >= 11 is 3.19. The van der Waals surface area contributed by atoms with Crippen LogP contribution in [-0.2, 0) is 19.4 Å². The van der Waals surface area contributed by atoms with Gasteiger partial charge in [-0.2, -0.15) is 0 Å². The molecule has 3 aromatic rings. The molecular weight excluding hydrogens is 304 g/mol. The van der Waals surface area contributed by atoms with Crippen LogP contribution < -0.4 is 5.56 Å². The van der Waals surface area contributed by atoms with Gasteiger partial charge < -0.3 is 4.42 Å². The Morgan fingerprint density at radius 3 is 3.14 bits per heavy atom. The van der Waals surface area contributed by atoms with Gasteiger partial charge in [0.05, 0.1) is 18.2 Å². The van der Waals surface area contributed by atoms with Gasteiger partial charge in [-0.05, 0) is 43.2 Å². The van der Waals surface area contributed by atoms with Gasteiger partial charge in [0.15, 0.2) is 5.16 Å². The standard InChI is InChI=1S/C15H14N2O2S2/c1-20-15-16-13-12(10-5-2-6-11(10)21-13)14(18)17(15)8-9-4-3-7-19-9/h3-4,7H,2,5-6,8H2,1H3. The van der Waals surface area contributed by atoms with E-state index in [1.54, 1.807) is 22.2 Å². The largest absolute Gasteiger partial charge is 0.467 e. The average molecular weight is 318 g/mol. The van der Waals surface area contributed by atoms with Crippen molar-refractivity contribution in [1.82, 2.24) is 9.55 Å². The number of hydrogen-bond acceptors (Lipinski definition) is 5. The topological polar surface area (TPSA) is 48.0 Å². The quantitative estimate of drug-likeness (QED) is 0.549. The van der Waals surface area contributed by atoms with Crippen molar-refractivity contribution in [2.45, 2.75) is 31.0 Å². The molecule has 0 unspecified atom stereocenters. The van der Waals surface area contributed by atoms with Crippen molar-refractivity contribution in [2.75, 3.05) is 6.26 Å². The molecule has 3 heterocycles. The molecule has 0 N–H and O–H groups in total. The highest BCUT2D eigenvalue weighted by Crippen LogP contribution is 2.35. The summed E-state index contributed by atoms with van der Waals surface area (Å²) in [5, 5.41) is 1.58. The minimum absolute atomic E-state index is 0.0696. The number of thioether (sulfide) groups is 1. The highest BCUT2D eigenvalue weighted by molar-refractivity contribution is 7.98. The first-order valence-electron chi connectivity index (χ1n) is 6.89. The first kappa shape index (κ1) is 13.2. The molecule has 6 heteroatoms. The fourth-order valence-electron chi connectivity index (χ4n) is 2.91. The van der Waals surface area contributed by atoms with Crippen molar-refractivity contribution in [2.24, 2.45) is 0 Å². The van der Waals surface area contributed by atoms with Gasteiger partial charge in [0, 0.05) is 4.88 Å². The minimum Gasteiger partial charge on any atom is -0.467 e. The van der Waals surface area contributed by atoms with E-state index in [0.29, 0.717) is 6.54 Å². The van der Waals surface area contributed by atoms with Gasteiger partial charge in [0.2, 0.25) is 0 Å². The van der Waals surface area contributed by atoms with Crippen LogP contribution in [0, 0.1) is 0 Å². The van der Waals surface area contributed by atoms with Gasteiger partial charge in [-0.3, -0.25) is 9.36 Å². The molecule has 4 nitrogen and oxygen atoms in total. The Morgan fingerprint density at radius 1 is 1.48 bits per heavy atom. The Morgan fingerprint density at radius 2 is 2.38 bits per heavy atom. The van der Waals surface area contributed by atoms with Crippen LogP contribution in [0.15, 0.2) is 32.8 Å². The summed E-state index contributed by atoms with van der Waals surface area (Å²) in [4.78, 5) is 19.9. The first-order chi connectivity index (χ1) is 10.3. The lowest BCUT2D eigenvalue weighted by Crippen LogP contribution is -2.23. The molecule has 0 saturated heterocycles. The molecule has 0 aromatic carbocycles. The van der Waals surface area contributed by atoms with Crippen LogP contribution in [0.1, 0.15) is 22.6 Å². The number of rotatable bonds is 3. The van der Waals surface area contributed by atoms with Crippen LogP contribution in [0.5, 0.6) is 0 Å². The Labute approximate surface area is 129 Å². The normalized spacial score (nSPS) is 14.0. The van der Waals surface area contributed by atoms with Crippen LogP contribution in [0.4, 0.5) is 0 Å². The van der Waals surface area contributed by atoms with Gasteiger partial charge in [-0.15, -0.1) is 11.3 Å². The molecule has 21 heavy (non-hydrogen) atoms. The predicted octanol–water partition coefficient (Wildman–Crippen LogP) is 3.31. The van der Waals surface area contributed by atoms with E-state index < -0.39 is 0 Å². The van der Waals surface area contributed by atoms with Crippen LogP contribution in [0.25, 0.3) is 10.2 Å². The molecule has 0 spiro atoms. The number of thiophene rings is 1. The fraction of sp³-hybridized carbons (Fsp3) is 0.333. The lowest BCUT2D eigenvalue weighted by Gasteiger charge is -2.09. The average Bonchev–Trinajstić information content (AvgIpc) is 3.17. The summed E-state index contributed by atoms with van der Waals surface area (Å²) in [7, 11) is 0. The third kappa shape index (κ3) is 2.05. The Balaban J connectivity index is 1.96. The zero-order chi connectivity index (χ0) is 14.4. The van der Waals surface area contributed by atoms with Crippen LogP contribution in [0.2, 0.25) is 0 Å². The zero-order valence-electron chi connectivity index (χ0n) is 11.6. The Hall–Kier alpha value is -1.53. The maximum Gasteiger partial charge on any atom is 0.263 e. The van der Waals surface area contributed by atoms with E-state index in [9.17, 15) is 4.79 Å². The number of furan rings is 1. The van der Waals surface area contributed by atoms with Crippen molar-refractivity contribution in [3.63, 3.8) is 0 Å². The van der Waals surface area contributed by atoms with Crippen molar-refractivity contribution >= 4 is 33.3 Å². The maximum absolute atomic E-state index is 12.9. The summed E-state index contributed by atoms with van der Waals surface area (Å²) in [6.07, 6.45) is 6.83. The second kappa shape index (κ2) is 5.03. The Kier molecular flexibility index (Phi) is 3.15. The summed E-state index contributed by atoms with van der Waals surface area (Å²) < 4.78 is 7.12. The van der Waals surface area contributed by atoms with E-state index in [1.165, 1.54) is 22.2 Å². The van der Waals surface area contributed by atoms with Crippen molar-refractivity contribution in [3.05, 3.63) is 45.0 Å². The van der Waals surface area contributed by atoms with Crippen molar-refractivity contribution in [1.29, 1.82) is 0 Å². The van der Waals surface area contributed by atoms with Crippen LogP contribution in [-0.4, -0.2) is 15.8 Å². The third-order valence-corrected chi connectivity index (χ3v) is 5.73. The van der Waals surface area contributed by atoms with Gasteiger partial charge in [0.25, 0.3) is 5.56 Å². The van der Waals surface area contributed by atoms with E-state index in [2.05, 4.69) is 0 Å². The zero-order valence-corrected chi connectivity index (χ0v) is 13.2. The molecule has 0 radical (unpaired) electrons. The summed E-state index contributed by atoms with van der Waals surface area (Å²) in [5.74, 6) is 0.778. The summed E-state index contributed by atoms with van der Waals surface area (Å²) in [6.45, 7) is 0.440. The molecule has 4 rings (SSSR count). The molecular formula is C15H14N2O2S2. The molecule has 0 fully saturated rings. The number of nitrogens with zero attached hydrogens (tertiary/aromatic N) is 2. The third-order valence-electron chi connectivity index (χ3n) is 3.87. The molecule has 0 bridgehead atoms. The first-order valence-corrected chi connectivity index (χ1v) is 8.93. The van der Waals surface area contributed by atoms with E-state index in [-0.39, 0.29) is 5.56 Å². The van der Waals surface area contributed by atoms with E-state index in [1.807, 2.05) is 18.4 Å². The second-order valence-corrected chi connectivity index (χ2v) is 6.96. The summed E-state index contributed by atoms with van der Waals surface area (Å²) in [5.41, 5.74) is 1.30. The Bertz CT molecular complexity index is 862. The number of aromatic nitrogens is 2.